The van der Waals surface area contributed by atoms with E-state index < -0.39 is 0 Å². The largest absolute Gasteiger partial charge is 0.334 e. The molecule has 5 rings (SSSR count). The number of fused-ring (bicyclic) bond motifs is 2. The van der Waals surface area contributed by atoms with Crippen LogP contribution in [-0.2, 0) is 26.1 Å². The molecule has 0 spiro atoms. The molecule has 1 amide bonds. The van der Waals surface area contributed by atoms with Gasteiger partial charge < -0.3 is 10.2 Å². The predicted molar refractivity (Wildman–Crippen MR) is 106 cm³/mol. The minimum atomic E-state index is 0.141. The zero-order valence-corrected chi connectivity index (χ0v) is 16.2. The molecular formula is C20H19N3OS2. The number of amides is 1. The van der Waals surface area contributed by atoms with Gasteiger partial charge in [-0.15, -0.1) is 22.7 Å². The third kappa shape index (κ3) is 2.78. The fraction of sp³-hybridized carbons (Fsp3) is 0.300. The second-order valence-electron chi connectivity index (χ2n) is 6.87. The standard InChI is InChI=1S/C20H19N3OS2/c1-12-22-17(11-25-12)19-7-16-10-23(5-4-18(16)26-19)20(24)13-2-3-14-8-21-9-15(14)6-13/h2-3,6-7,11,21H,4-5,8-10H2,1H3. The van der Waals surface area contributed by atoms with E-state index in [-0.39, 0.29) is 5.91 Å². The number of carbonyl (C=O) groups excluding carboxylic acids is 1. The fourth-order valence-corrected chi connectivity index (χ4v) is 5.53. The molecular weight excluding hydrogens is 362 g/mol. The van der Waals surface area contributed by atoms with E-state index in [1.807, 2.05) is 29.2 Å². The highest BCUT2D eigenvalue weighted by Crippen LogP contribution is 2.35. The van der Waals surface area contributed by atoms with Crippen LogP contribution < -0.4 is 5.32 Å². The number of carbonyl (C=O) groups is 1. The summed E-state index contributed by atoms with van der Waals surface area (Å²) in [5.74, 6) is 0.141. The average molecular weight is 382 g/mol. The summed E-state index contributed by atoms with van der Waals surface area (Å²) in [6.07, 6.45) is 0.932. The van der Waals surface area contributed by atoms with Crippen molar-refractivity contribution < 1.29 is 4.79 Å². The summed E-state index contributed by atoms with van der Waals surface area (Å²) in [5.41, 5.74) is 5.71. The molecule has 0 radical (unpaired) electrons. The highest BCUT2D eigenvalue weighted by Gasteiger charge is 2.25. The van der Waals surface area contributed by atoms with Gasteiger partial charge in [0.25, 0.3) is 5.91 Å². The van der Waals surface area contributed by atoms with Crippen LogP contribution in [0.4, 0.5) is 0 Å². The minimum absolute atomic E-state index is 0.141. The molecule has 0 saturated heterocycles. The van der Waals surface area contributed by atoms with Crippen LogP contribution in [0.15, 0.2) is 29.6 Å². The summed E-state index contributed by atoms with van der Waals surface area (Å²) in [4.78, 5) is 22.2. The second-order valence-corrected chi connectivity index (χ2v) is 9.07. The Morgan fingerprint density at radius 3 is 2.92 bits per heavy atom. The van der Waals surface area contributed by atoms with Crippen molar-refractivity contribution in [3.05, 3.63) is 61.8 Å². The normalized spacial score (nSPS) is 15.8. The highest BCUT2D eigenvalue weighted by atomic mass is 32.1. The Labute approximate surface area is 160 Å². The molecule has 2 aliphatic heterocycles. The van der Waals surface area contributed by atoms with Crippen molar-refractivity contribution >= 4 is 28.6 Å². The molecule has 132 valence electrons. The molecule has 4 nitrogen and oxygen atoms in total. The molecule has 1 N–H and O–H groups in total. The molecule has 2 aliphatic rings. The van der Waals surface area contributed by atoms with Gasteiger partial charge >= 0.3 is 0 Å². The molecule has 26 heavy (non-hydrogen) atoms. The van der Waals surface area contributed by atoms with E-state index in [1.54, 1.807) is 11.3 Å². The van der Waals surface area contributed by atoms with Crippen LogP contribution in [0.3, 0.4) is 0 Å². The van der Waals surface area contributed by atoms with E-state index >= 15 is 0 Å². The van der Waals surface area contributed by atoms with Crippen molar-refractivity contribution in [1.82, 2.24) is 15.2 Å². The molecule has 1 aromatic carbocycles. The van der Waals surface area contributed by atoms with Crippen molar-refractivity contribution in [3.63, 3.8) is 0 Å². The summed E-state index contributed by atoms with van der Waals surface area (Å²) in [6, 6.07) is 8.34. The van der Waals surface area contributed by atoms with Crippen molar-refractivity contribution in [3.8, 4) is 10.6 Å². The fourth-order valence-electron chi connectivity index (χ4n) is 3.72. The summed E-state index contributed by atoms with van der Waals surface area (Å²) >= 11 is 3.51. The van der Waals surface area contributed by atoms with E-state index in [0.29, 0.717) is 6.54 Å². The first-order valence-electron chi connectivity index (χ1n) is 8.83. The second kappa shape index (κ2) is 6.30. The van der Waals surface area contributed by atoms with Crippen molar-refractivity contribution in [1.29, 1.82) is 0 Å². The molecule has 3 aromatic rings. The first kappa shape index (κ1) is 16.2. The Morgan fingerprint density at radius 2 is 2.08 bits per heavy atom. The average Bonchev–Trinajstić information content (AvgIpc) is 3.38. The lowest BCUT2D eigenvalue weighted by Crippen LogP contribution is -2.35. The van der Waals surface area contributed by atoms with Crippen LogP contribution >= 0.6 is 22.7 Å². The quantitative estimate of drug-likeness (QED) is 0.730. The van der Waals surface area contributed by atoms with Crippen molar-refractivity contribution in [2.24, 2.45) is 0 Å². The topological polar surface area (TPSA) is 45.2 Å². The maximum absolute atomic E-state index is 13.0. The van der Waals surface area contributed by atoms with Gasteiger partial charge in [0.15, 0.2) is 0 Å². The maximum atomic E-state index is 13.0. The minimum Gasteiger partial charge on any atom is -0.334 e. The number of nitrogens with one attached hydrogen (secondary N) is 1. The summed E-state index contributed by atoms with van der Waals surface area (Å²) in [5, 5.41) is 6.55. The van der Waals surface area contributed by atoms with E-state index in [4.69, 9.17) is 0 Å². The summed E-state index contributed by atoms with van der Waals surface area (Å²) < 4.78 is 0. The van der Waals surface area contributed by atoms with Crippen molar-refractivity contribution in [2.45, 2.75) is 33.0 Å². The lowest BCUT2D eigenvalue weighted by atomic mass is 10.0. The van der Waals surface area contributed by atoms with Gasteiger partial charge in [0.1, 0.15) is 0 Å². The molecule has 0 saturated carbocycles. The Kier molecular flexibility index (Phi) is 3.92. The van der Waals surface area contributed by atoms with Gasteiger partial charge in [-0.1, -0.05) is 6.07 Å². The molecule has 0 aliphatic carbocycles. The van der Waals surface area contributed by atoms with Gasteiger partial charge in [-0.2, -0.15) is 0 Å². The van der Waals surface area contributed by atoms with Crippen LogP contribution in [0, 0.1) is 6.92 Å². The van der Waals surface area contributed by atoms with Crippen LogP contribution in [0.2, 0.25) is 0 Å². The van der Waals surface area contributed by atoms with Crippen LogP contribution in [0.5, 0.6) is 0 Å². The number of aromatic nitrogens is 1. The number of rotatable bonds is 2. The number of aryl methyl sites for hydroxylation is 1. The number of thiophene rings is 1. The lowest BCUT2D eigenvalue weighted by Gasteiger charge is -2.27. The van der Waals surface area contributed by atoms with E-state index in [9.17, 15) is 4.79 Å². The third-order valence-corrected chi connectivity index (χ3v) is 7.14. The SMILES string of the molecule is Cc1nc(-c2cc3c(s2)CCN(C(=O)c2ccc4c(c2)CNC4)C3)cs1. The number of hydrogen-bond donors (Lipinski definition) is 1. The van der Waals surface area contributed by atoms with Gasteiger partial charge in [0, 0.05) is 42.0 Å². The molecule has 6 heteroatoms. The number of nitrogens with zero attached hydrogens (tertiary/aromatic N) is 2. The smallest absolute Gasteiger partial charge is 0.254 e. The number of hydrogen-bond acceptors (Lipinski definition) is 5. The van der Waals surface area contributed by atoms with Crippen LogP contribution in [0.25, 0.3) is 10.6 Å². The molecule has 4 heterocycles. The Bertz CT molecular complexity index is 1000. The van der Waals surface area contributed by atoms with Gasteiger partial charge in [-0.3, -0.25) is 4.79 Å². The molecule has 0 fully saturated rings. The summed E-state index contributed by atoms with van der Waals surface area (Å²) in [6.45, 7) is 5.29. The Morgan fingerprint density at radius 1 is 1.19 bits per heavy atom. The molecule has 2 aromatic heterocycles. The van der Waals surface area contributed by atoms with Gasteiger partial charge in [0.2, 0.25) is 0 Å². The first-order chi connectivity index (χ1) is 12.7. The van der Waals surface area contributed by atoms with E-state index in [1.165, 1.54) is 26.4 Å². The molecule has 0 atom stereocenters. The zero-order valence-electron chi connectivity index (χ0n) is 14.5. The number of benzene rings is 1. The Balaban J connectivity index is 1.38. The molecule has 0 bridgehead atoms. The third-order valence-electron chi connectivity index (χ3n) is 5.11. The van der Waals surface area contributed by atoms with Crippen molar-refractivity contribution in [2.75, 3.05) is 6.54 Å². The van der Waals surface area contributed by atoms with Crippen LogP contribution in [0.1, 0.15) is 36.9 Å². The Hall–Kier alpha value is -2.02. The molecule has 0 unspecified atom stereocenters. The summed E-state index contributed by atoms with van der Waals surface area (Å²) in [7, 11) is 0. The number of thiazole rings is 1. The lowest BCUT2D eigenvalue weighted by molar-refractivity contribution is 0.0736. The van der Waals surface area contributed by atoms with Crippen LogP contribution in [-0.4, -0.2) is 22.3 Å². The predicted octanol–water partition coefficient (Wildman–Crippen LogP) is 3.98. The maximum Gasteiger partial charge on any atom is 0.254 e. The monoisotopic (exact) mass is 381 g/mol. The zero-order chi connectivity index (χ0) is 17.7. The van der Waals surface area contributed by atoms with Gasteiger partial charge in [0.05, 0.1) is 15.6 Å². The van der Waals surface area contributed by atoms with Gasteiger partial charge in [-0.05, 0) is 48.2 Å². The first-order valence-corrected chi connectivity index (χ1v) is 10.5. The van der Waals surface area contributed by atoms with E-state index in [0.717, 1.165) is 42.3 Å². The highest BCUT2D eigenvalue weighted by molar-refractivity contribution is 7.16. The van der Waals surface area contributed by atoms with Gasteiger partial charge in [-0.25, -0.2) is 4.98 Å². The van der Waals surface area contributed by atoms with E-state index in [2.05, 4.69) is 33.9 Å².